The van der Waals surface area contributed by atoms with Crippen molar-refractivity contribution in [2.75, 3.05) is 31.6 Å². The molecule has 5 aromatic rings. The lowest BCUT2D eigenvalue weighted by Crippen LogP contribution is -2.46. The van der Waals surface area contributed by atoms with E-state index < -0.39 is 5.41 Å². The van der Waals surface area contributed by atoms with E-state index in [2.05, 4.69) is 27.2 Å². The number of anilines is 1. The van der Waals surface area contributed by atoms with Gasteiger partial charge in [-0.25, -0.2) is 9.97 Å². The topological polar surface area (TPSA) is 170 Å². The van der Waals surface area contributed by atoms with E-state index in [9.17, 15) is 19.5 Å². The van der Waals surface area contributed by atoms with Gasteiger partial charge in [0.15, 0.2) is 17.3 Å². The lowest BCUT2D eigenvalue weighted by atomic mass is 9.73. The fourth-order valence-corrected chi connectivity index (χ4v) is 8.04. The van der Waals surface area contributed by atoms with E-state index in [4.69, 9.17) is 26.4 Å². The molecule has 2 N–H and O–H groups in total. The molecule has 1 aromatic carbocycles. The number of amides is 2. The highest BCUT2D eigenvalue weighted by atomic mass is 35.5. The number of nitrogens with zero attached hydrogens (tertiary/aromatic N) is 8. The summed E-state index contributed by atoms with van der Waals surface area (Å²) in [4.78, 5) is 60.7. The first kappa shape index (κ1) is 32.0. The molecule has 8 rings (SSSR count). The SMILES string of the molecule is Cc1ncnc(C(=O)N2CCC3(CC2)CC(C)c2c3c(=O)n3nc(C4=CCOCC4)nc3n2CC(=O)Nc2cnc3ccccc3c2Cl)c1O. The number of para-hydroxylation sites is 1. The molecule has 0 saturated carbocycles. The summed E-state index contributed by atoms with van der Waals surface area (Å²) in [6.07, 6.45) is 6.99. The van der Waals surface area contributed by atoms with Crippen LogP contribution in [-0.2, 0) is 21.5 Å². The maximum Gasteiger partial charge on any atom is 0.279 e. The van der Waals surface area contributed by atoms with Gasteiger partial charge < -0.3 is 24.6 Å². The number of piperidine rings is 1. The number of carbonyl (C=O) groups is 2. The van der Waals surface area contributed by atoms with E-state index in [1.165, 1.54) is 17.0 Å². The highest BCUT2D eigenvalue weighted by Crippen LogP contribution is 2.50. The molecule has 4 aromatic heterocycles. The Morgan fingerprint density at radius 3 is 2.74 bits per heavy atom. The van der Waals surface area contributed by atoms with Crippen molar-refractivity contribution in [3.8, 4) is 5.75 Å². The smallest absolute Gasteiger partial charge is 0.279 e. The molecular formula is C35H34ClN9O5. The van der Waals surface area contributed by atoms with Gasteiger partial charge in [0.25, 0.3) is 11.5 Å². The van der Waals surface area contributed by atoms with E-state index >= 15 is 0 Å². The Kier molecular flexibility index (Phi) is 7.87. The number of carbonyl (C=O) groups excluding carboxylic acids is 2. The molecule has 50 heavy (non-hydrogen) atoms. The van der Waals surface area contributed by atoms with Crippen molar-refractivity contribution in [3.63, 3.8) is 0 Å². The molecule has 6 heterocycles. The van der Waals surface area contributed by atoms with Gasteiger partial charge in [-0.1, -0.05) is 42.8 Å². The van der Waals surface area contributed by atoms with Crippen LogP contribution in [0.2, 0.25) is 5.02 Å². The van der Waals surface area contributed by atoms with Crippen molar-refractivity contribution < 1.29 is 19.4 Å². The first-order valence-electron chi connectivity index (χ1n) is 16.6. The van der Waals surface area contributed by atoms with Crippen LogP contribution in [0, 0.1) is 6.92 Å². The predicted molar refractivity (Wildman–Crippen MR) is 184 cm³/mol. The number of hydrogen-bond acceptors (Lipinski definition) is 10. The number of nitrogens with one attached hydrogen (secondary N) is 1. The van der Waals surface area contributed by atoms with Gasteiger partial charge in [0.05, 0.1) is 41.3 Å². The van der Waals surface area contributed by atoms with Crippen molar-refractivity contribution in [3.05, 3.63) is 86.7 Å². The van der Waals surface area contributed by atoms with Crippen molar-refractivity contribution in [1.29, 1.82) is 0 Å². The standard InChI is InChI=1S/C35H34ClN9O5/c1-19-15-35(9-11-43(12-10-35)33(49)28-30(47)20(2)38-18-39-28)26-29(19)44(34-41-31(42-45(34)32(26)48)21-7-13-50-14-8-21)17-25(46)40-24-16-37-23-6-4-3-5-22(23)27(24)36/h3-7,16,18-19,47H,8-15,17H2,1-2H3,(H,40,46). The summed E-state index contributed by atoms with van der Waals surface area (Å²) in [5, 5.41) is 19.2. The second-order valence-corrected chi connectivity index (χ2v) is 13.6. The molecule has 14 nitrogen and oxygen atoms in total. The molecule has 1 spiro atoms. The monoisotopic (exact) mass is 695 g/mol. The third-order valence-electron chi connectivity index (χ3n) is 10.2. The van der Waals surface area contributed by atoms with Crippen LogP contribution in [0.15, 0.2) is 47.7 Å². The van der Waals surface area contributed by atoms with Crippen LogP contribution in [0.4, 0.5) is 5.69 Å². The minimum Gasteiger partial charge on any atom is -0.504 e. The summed E-state index contributed by atoms with van der Waals surface area (Å²) in [5.41, 5.74) is 2.76. The molecule has 15 heteroatoms. The number of fused-ring (bicyclic) bond motifs is 4. The van der Waals surface area contributed by atoms with Crippen molar-refractivity contribution in [1.82, 2.24) is 39.0 Å². The molecule has 1 fully saturated rings. The summed E-state index contributed by atoms with van der Waals surface area (Å²) in [6, 6.07) is 7.42. The number of rotatable bonds is 5. The number of aromatic hydroxyl groups is 1. The number of likely N-dealkylation sites (tertiary alicyclic amines) is 1. The Bertz CT molecular complexity index is 2310. The molecule has 0 bridgehead atoms. The molecule has 2 aliphatic heterocycles. The van der Waals surface area contributed by atoms with Crippen molar-refractivity contribution >= 4 is 51.4 Å². The first-order valence-corrected chi connectivity index (χ1v) is 17.0. The van der Waals surface area contributed by atoms with Gasteiger partial charge in [-0.15, -0.1) is 5.10 Å². The maximum absolute atomic E-state index is 14.5. The Morgan fingerprint density at radius 1 is 1.16 bits per heavy atom. The quantitative estimate of drug-likeness (QED) is 0.274. The maximum atomic E-state index is 14.5. The number of halogens is 1. The molecule has 3 aliphatic rings. The summed E-state index contributed by atoms with van der Waals surface area (Å²) < 4.78 is 8.61. The lowest BCUT2D eigenvalue weighted by Gasteiger charge is -2.39. The van der Waals surface area contributed by atoms with Gasteiger partial charge in [-0.05, 0) is 50.2 Å². The number of ether oxygens (including phenoxy) is 1. The summed E-state index contributed by atoms with van der Waals surface area (Å²) in [7, 11) is 0. The van der Waals surface area contributed by atoms with Gasteiger partial charge in [0, 0.05) is 35.1 Å². The summed E-state index contributed by atoms with van der Waals surface area (Å²) in [5.74, 6) is -0.373. The van der Waals surface area contributed by atoms with E-state index in [0.29, 0.717) is 85.3 Å². The predicted octanol–water partition coefficient (Wildman–Crippen LogP) is 4.02. The minimum atomic E-state index is -0.561. The van der Waals surface area contributed by atoms with E-state index in [1.807, 2.05) is 34.9 Å². The first-order chi connectivity index (χ1) is 24.1. The molecule has 1 atom stereocenters. The summed E-state index contributed by atoms with van der Waals surface area (Å²) in [6.45, 7) is 5.18. The third-order valence-corrected chi connectivity index (χ3v) is 10.6. The zero-order valence-electron chi connectivity index (χ0n) is 27.5. The highest BCUT2D eigenvalue weighted by Gasteiger charge is 2.49. The average molecular weight is 696 g/mol. The van der Waals surface area contributed by atoms with Gasteiger partial charge in [-0.3, -0.25) is 19.4 Å². The molecule has 256 valence electrons. The second kappa shape index (κ2) is 12.3. The Labute approximate surface area is 290 Å². The van der Waals surface area contributed by atoms with Crippen LogP contribution in [-0.4, -0.2) is 82.2 Å². The van der Waals surface area contributed by atoms with Crippen LogP contribution >= 0.6 is 11.6 Å². The lowest BCUT2D eigenvalue weighted by molar-refractivity contribution is -0.116. The zero-order chi connectivity index (χ0) is 34.7. The average Bonchev–Trinajstić information content (AvgIpc) is 3.70. The molecule has 2 amide bonds. The molecular weight excluding hydrogens is 662 g/mol. The van der Waals surface area contributed by atoms with Crippen molar-refractivity contribution in [2.45, 2.75) is 57.4 Å². The van der Waals surface area contributed by atoms with Gasteiger partial charge in [0.1, 0.15) is 12.9 Å². The Morgan fingerprint density at radius 2 is 1.96 bits per heavy atom. The van der Waals surface area contributed by atoms with Gasteiger partial charge in [-0.2, -0.15) is 9.50 Å². The fraction of sp³-hybridized carbons (Fsp3) is 0.371. The van der Waals surface area contributed by atoms with Gasteiger partial charge >= 0.3 is 0 Å². The molecule has 1 aliphatic carbocycles. The number of benzene rings is 1. The van der Waals surface area contributed by atoms with Crippen molar-refractivity contribution in [2.24, 2.45) is 0 Å². The van der Waals surface area contributed by atoms with Crippen LogP contribution in [0.3, 0.4) is 0 Å². The van der Waals surface area contributed by atoms with Crippen LogP contribution in [0.1, 0.15) is 71.8 Å². The highest BCUT2D eigenvalue weighted by molar-refractivity contribution is 6.38. The minimum absolute atomic E-state index is 0.0389. The number of aryl methyl sites for hydroxylation is 1. The number of pyridine rings is 1. The Balaban J connectivity index is 1.18. The second-order valence-electron chi connectivity index (χ2n) is 13.2. The molecule has 0 radical (unpaired) electrons. The summed E-state index contributed by atoms with van der Waals surface area (Å²) >= 11 is 6.70. The normalized spacial score (nSPS) is 18.4. The molecule has 1 unspecified atom stereocenters. The largest absolute Gasteiger partial charge is 0.504 e. The van der Waals surface area contributed by atoms with E-state index in [1.54, 1.807) is 11.8 Å². The Hall–Kier alpha value is -5.21. The zero-order valence-corrected chi connectivity index (χ0v) is 28.3. The van der Waals surface area contributed by atoms with Crippen LogP contribution < -0.4 is 10.9 Å². The van der Waals surface area contributed by atoms with E-state index in [-0.39, 0.29) is 47.1 Å². The third kappa shape index (κ3) is 5.21. The van der Waals surface area contributed by atoms with Gasteiger partial charge in [0.2, 0.25) is 11.7 Å². The van der Waals surface area contributed by atoms with Crippen LogP contribution in [0.25, 0.3) is 22.3 Å². The number of aromatic nitrogens is 7. The number of hydrogen-bond donors (Lipinski definition) is 2. The fourth-order valence-electron chi connectivity index (χ4n) is 7.78. The molecule has 1 saturated heterocycles. The van der Waals surface area contributed by atoms with E-state index in [0.717, 1.165) is 16.7 Å². The van der Waals surface area contributed by atoms with Crippen LogP contribution in [0.5, 0.6) is 5.75 Å².